The third kappa shape index (κ3) is 5.33. The van der Waals surface area contributed by atoms with E-state index in [4.69, 9.17) is 0 Å². The van der Waals surface area contributed by atoms with E-state index in [2.05, 4.69) is 80.7 Å². The third-order valence-electron chi connectivity index (χ3n) is 5.32. The van der Waals surface area contributed by atoms with E-state index < -0.39 is 0 Å². The monoisotopic (exact) mass is 383 g/mol. The van der Waals surface area contributed by atoms with Crippen LogP contribution in [0.4, 0.5) is 0 Å². The van der Waals surface area contributed by atoms with E-state index >= 15 is 0 Å². The normalized spacial score (nSPS) is 17.2. The van der Waals surface area contributed by atoms with Crippen LogP contribution < -0.4 is 5.32 Å². The average Bonchev–Trinajstić information content (AvgIpc) is 3.12. The molecule has 3 rings (SSSR count). The minimum Gasteiger partial charge on any atom is -0.354 e. The Labute approximate surface area is 168 Å². The highest BCUT2D eigenvalue weighted by Gasteiger charge is 2.22. The number of likely N-dealkylation sites (N-methyl/N-ethyl adjacent to an activating group) is 1. The number of nitrogens with zero attached hydrogens (tertiary/aromatic N) is 6. The summed E-state index contributed by atoms with van der Waals surface area (Å²) in [6, 6.07) is 11.0. The van der Waals surface area contributed by atoms with E-state index in [0.29, 0.717) is 0 Å². The van der Waals surface area contributed by atoms with Crippen molar-refractivity contribution in [2.24, 2.45) is 12.0 Å². The third-order valence-corrected chi connectivity index (χ3v) is 5.32. The number of hydrogen-bond donors (Lipinski definition) is 1. The number of nitrogens with one attached hydrogen (secondary N) is 1. The molecule has 1 saturated heterocycles. The molecule has 0 bridgehead atoms. The van der Waals surface area contributed by atoms with Crippen LogP contribution in [0.15, 0.2) is 47.7 Å². The molecule has 0 saturated carbocycles. The molecule has 0 spiro atoms. The quantitative estimate of drug-likeness (QED) is 0.604. The van der Waals surface area contributed by atoms with Gasteiger partial charge in [-0.05, 0) is 19.7 Å². The maximum atomic E-state index is 4.52. The minimum absolute atomic E-state index is 0.254. The molecule has 1 unspecified atom stereocenters. The smallest absolute Gasteiger partial charge is 0.193 e. The van der Waals surface area contributed by atoms with Gasteiger partial charge in [0, 0.05) is 65.1 Å². The lowest BCUT2D eigenvalue weighted by Gasteiger charge is -2.37. The highest BCUT2D eigenvalue weighted by atomic mass is 15.3. The highest BCUT2D eigenvalue weighted by Crippen LogP contribution is 2.16. The Bertz CT molecular complexity index is 745. The van der Waals surface area contributed by atoms with Crippen LogP contribution in [0.5, 0.6) is 0 Å². The molecular formula is C21H33N7. The molecule has 152 valence electrons. The predicted octanol–water partition coefficient (Wildman–Crippen LogP) is 1.42. The first-order valence-corrected chi connectivity index (χ1v) is 9.93. The van der Waals surface area contributed by atoms with E-state index in [1.807, 2.05) is 25.0 Å². The molecule has 2 heterocycles. The molecule has 28 heavy (non-hydrogen) atoms. The van der Waals surface area contributed by atoms with Crippen molar-refractivity contribution in [3.8, 4) is 0 Å². The summed E-state index contributed by atoms with van der Waals surface area (Å²) in [4.78, 5) is 11.6. The van der Waals surface area contributed by atoms with Crippen LogP contribution in [0.3, 0.4) is 0 Å². The second-order valence-electron chi connectivity index (χ2n) is 7.60. The van der Waals surface area contributed by atoms with Crippen molar-refractivity contribution in [2.75, 3.05) is 53.9 Å². The number of hydrogen-bond acceptors (Lipinski definition) is 4. The van der Waals surface area contributed by atoms with Crippen molar-refractivity contribution in [1.29, 1.82) is 0 Å². The van der Waals surface area contributed by atoms with Crippen LogP contribution >= 0.6 is 0 Å². The van der Waals surface area contributed by atoms with Gasteiger partial charge in [-0.25, -0.2) is 0 Å². The lowest BCUT2D eigenvalue weighted by molar-refractivity contribution is 0.171. The first-order chi connectivity index (χ1) is 13.6. The summed E-state index contributed by atoms with van der Waals surface area (Å²) in [5.41, 5.74) is 2.59. The Morgan fingerprint density at radius 3 is 2.46 bits per heavy atom. The highest BCUT2D eigenvalue weighted by molar-refractivity contribution is 5.80. The Morgan fingerprint density at radius 1 is 1.18 bits per heavy atom. The van der Waals surface area contributed by atoms with Crippen LogP contribution in [0.25, 0.3) is 0 Å². The SMILES string of the molecule is CN=C(NCC(c1cnn(C)c1)N(C)C)N1CCN(Cc2ccccc2)CC1. The topological polar surface area (TPSA) is 51.9 Å². The molecule has 7 heteroatoms. The number of guanidine groups is 1. The lowest BCUT2D eigenvalue weighted by Crippen LogP contribution is -2.53. The van der Waals surface area contributed by atoms with Gasteiger partial charge in [0.05, 0.1) is 12.2 Å². The molecule has 0 amide bonds. The molecule has 0 aliphatic carbocycles. The first kappa shape index (κ1) is 20.4. The summed E-state index contributed by atoms with van der Waals surface area (Å²) in [6.07, 6.45) is 4.02. The van der Waals surface area contributed by atoms with Crippen molar-refractivity contribution in [2.45, 2.75) is 12.6 Å². The van der Waals surface area contributed by atoms with Crippen molar-refractivity contribution in [3.05, 3.63) is 53.9 Å². The maximum Gasteiger partial charge on any atom is 0.193 e. The molecular weight excluding hydrogens is 350 g/mol. The van der Waals surface area contributed by atoms with Gasteiger partial charge in [0.2, 0.25) is 0 Å². The van der Waals surface area contributed by atoms with Crippen LogP contribution in [-0.2, 0) is 13.6 Å². The number of aromatic nitrogens is 2. The summed E-state index contributed by atoms with van der Waals surface area (Å²) < 4.78 is 1.85. The fourth-order valence-electron chi connectivity index (χ4n) is 3.69. The molecule has 1 N–H and O–H groups in total. The van der Waals surface area contributed by atoms with Crippen LogP contribution in [-0.4, -0.2) is 84.3 Å². The molecule has 1 aromatic carbocycles. The fraction of sp³-hybridized carbons (Fsp3) is 0.524. The van der Waals surface area contributed by atoms with Crippen LogP contribution in [0.2, 0.25) is 0 Å². The predicted molar refractivity (Wildman–Crippen MR) is 114 cm³/mol. The zero-order valence-corrected chi connectivity index (χ0v) is 17.5. The molecule has 2 aromatic rings. The van der Waals surface area contributed by atoms with Gasteiger partial charge < -0.3 is 15.1 Å². The zero-order valence-electron chi connectivity index (χ0n) is 17.5. The minimum atomic E-state index is 0.254. The molecule has 1 aliphatic heterocycles. The second-order valence-corrected chi connectivity index (χ2v) is 7.60. The Balaban J connectivity index is 1.51. The Kier molecular flexibility index (Phi) is 7.06. The van der Waals surface area contributed by atoms with E-state index in [0.717, 1.165) is 45.2 Å². The maximum absolute atomic E-state index is 4.52. The van der Waals surface area contributed by atoms with Gasteiger partial charge in [0.15, 0.2) is 5.96 Å². The number of aliphatic imine (C=N–C) groups is 1. The van der Waals surface area contributed by atoms with Crippen LogP contribution in [0, 0.1) is 0 Å². The molecule has 0 radical (unpaired) electrons. The van der Waals surface area contributed by atoms with Gasteiger partial charge in [-0.15, -0.1) is 0 Å². The zero-order chi connectivity index (χ0) is 19.9. The molecule has 7 nitrogen and oxygen atoms in total. The summed E-state index contributed by atoms with van der Waals surface area (Å²) >= 11 is 0. The Hall–Kier alpha value is -2.38. The van der Waals surface area contributed by atoms with E-state index in [1.165, 1.54) is 11.1 Å². The lowest BCUT2D eigenvalue weighted by atomic mass is 10.1. The largest absolute Gasteiger partial charge is 0.354 e. The standard InChI is InChI=1S/C21H33N7/c1-22-21(23-15-20(25(2)3)19-14-24-26(4)17-19)28-12-10-27(11-13-28)16-18-8-6-5-7-9-18/h5-9,14,17,20H,10-13,15-16H2,1-4H3,(H,22,23). The molecule has 1 atom stereocenters. The number of benzene rings is 1. The Morgan fingerprint density at radius 2 is 1.89 bits per heavy atom. The molecule has 1 aliphatic rings. The first-order valence-electron chi connectivity index (χ1n) is 9.93. The van der Waals surface area contributed by atoms with Gasteiger partial charge in [0.25, 0.3) is 0 Å². The van der Waals surface area contributed by atoms with Gasteiger partial charge in [0.1, 0.15) is 0 Å². The van der Waals surface area contributed by atoms with Crippen molar-refractivity contribution in [1.82, 2.24) is 29.8 Å². The van der Waals surface area contributed by atoms with Crippen LogP contribution in [0.1, 0.15) is 17.2 Å². The summed E-state index contributed by atoms with van der Waals surface area (Å²) in [5, 5.41) is 7.89. The number of piperazine rings is 1. The van der Waals surface area contributed by atoms with Gasteiger partial charge in [-0.1, -0.05) is 30.3 Å². The van der Waals surface area contributed by atoms with Gasteiger partial charge >= 0.3 is 0 Å². The summed E-state index contributed by atoms with van der Waals surface area (Å²) in [5.74, 6) is 0.982. The van der Waals surface area contributed by atoms with Crippen molar-refractivity contribution < 1.29 is 0 Å². The summed E-state index contributed by atoms with van der Waals surface area (Å²) in [7, 11) is 8.03. The van der Waals surface area contributed by atoms with E-state index in [9.17, 15) is 0 Å². The van der Waals surface area contributed by atoms with Crippen molar-refractivity contribution >= 4 is 5.96 Å². The van der Waals surface area contributed by atoms with Gasteiger partial charge in [-0.2, -0.15) is 5.10 Å². The molecule has 1 aromatic heterocycles. The fourth-order valence-corrected chi connectivity index (χ4v) is 3.69. The molecule has 1 fully saturated rings. The number of aryl methyl sites for hydroxylation is 1. The van der Waals surface area contributed by atoms with E-state index in [-0.39, 0.29) is 6.04 Å². The van der Waals surface area contributed by atoms with Gasteiger partial charge in [-0.3, -0.25) is 14.6 Å². The average molecular weight is 384 g/mol. The van der Waals surface area contributed by atoms with E-state index in [1.54, 1.807) is 0 Å². The number of rotatable bonds is 6. The summed E-state index contributed by atoms with van der Waals surface area (Å²) in [6.45, 7) is 5.91. The van der Waals surface area contributed by atoms with Crippen molar-refractivity contribution in [3.63, 3.8) is 0 Å². The second kappa shape index (κ2) is 9.71.